The van der Waals surface area contributed by atoms with Crippen LogP contribution in [0.5, 0.6) is 0 Å². The summed E-state index contributed by atoms with van der Waals surface area (Å²) in [5, 5.41) is 9.08. The molecule has 1 aromatic rings. The van der Waals surface area contributed by atoms with E-state index in [9.17, 15) is 0 Å². The van der Waals surface area contributed by atoms with Crippen LogP contribution >= 0.6 is 0 Å². The van der Waals surface area contributed by atoms with E-state index in [0.717, 1.165) is 24.2 Å². The molecule has 0 aromatic heterocycles. The lowest BCUT2D eigenvalue weighted by Gasteiger charge is -2.24. The highest BCUT2D eigenvalue weighted by Gasteiger charge is 2.06. The molecule has 0 radical (unpaired) electrons. The van der Waals surface area contributed by atoms with Crippen molar-refractivity contribution in [3.63, 3.8) is 0 Å². The van der Waals surface area contributed by atoms with Gasteiger partial charge in [-0.3, -0.25) is 0 Å². The van der Waals surface area contributed by atoms with E-state index in [1.54, 1.807) is 0 Å². The highest BCUT2D eigenvalue weighted by molar-refractivity contribution is 5.48. The minimum atomic E-state index is 0.0750. The number of hydrogen-bond donors (Lipinski definition) is 2. The predicted octanol–water partition coefficient (Wildman–Crippen LogP) is 2.31. The van der Waals surface area contributed by atoms with Gasteiger partial charge in [0.25, 0.3) is 0 Å². The molecule has 1 atom stereocenters. The molecule has 17 heavy (non-hydrogen) atoms. The lowest BCUT2D eigenvalue weighted by Crippen LogP contribution is -2.27. The van der Waals surface area contributed by atoms with Crippen molar-refractivity contribution in [1.29, 1.82) is 0 Å². The summed E-state index contributed by atoms with van der Waals surface area (Å²) in [7, 11) is 0. The zero-order valence-electron chi connectivity index (χ0n) is 10.9. The molecule has 0 aliphatic heterocycles. The molecule has 0 heterocycles. The van der Waals surface area contributed by atoms with E-state index >= 15 is 0 Å². The normalized spacial score (nSPS) is 12.5. The fraction of sp³-hybridized carbons (Fsp3) is 0.571. The maximum absolute atomic E-state index is 9.08. The van der Waals surface area contributed by atoms with Gasteiger partial charge in [0.15, 0.2) is 0 Å². The van der Waals surface area contributed by atoms with Crippen molar-refractivity contribution >= 4 is 5.69 Å². The van der Waals surface area contributed by atoms with Gasteiger partial charge in [-0.15, -0.1) is 0 Å². The Labute approximate surface area is 104 Å². The molecule has 3 heteroatoms. The molecule has 0 saturated heterocycles. The summed E-state index contributed by atoms with van der Waals surface area (Å²) in [6, 6.07) is 8.38. The molecule has 1 aromatic carbocycles. The zero-order valence-corrected chi connectivity index (χ0v) is 10.9. The minimum absolute atomic E-state index is 0.0750. The fourth-order valence-electron chi connectivity index (χ4n) is 1.83. The lowest BCUT2D eigenvalue weighted by molar-refractivity contribution is 0.301. The highest BCUT2D eigenvalue weighted by Crippen LogP contribution is 2.18. The Balaban J connectivity index is 2.72. The van der Waals surface area contributed by atoms with Crippen molar-refractivity contribution in [2.24, 2.45) is 5.73 Å². The SMILES string of the molecule is CCCCN(CCO)c1ccc([C@H](C)N)cc1. The van der Waals surface area contributed by atoms with Crippen molar-refractivity contribution < 1.29 is 5.11 Å². The molecule has 0 amide bonds. The number of benzene rings is 1. The van der Waals surface area contributed by atoms with Gasteiger partial charge in [0.05, 0.1) is 6.61 Å². The van der Waals surface area contributed by atoms with Gasteiger partial charge in [0.2, 0.25) is 0 Å². The Morgan fingerprint density at radius 3 is 2.35 bits per heavy atom. The summed E-state index contributed by atoms with van der Waals surface area (Å²) in [5.41, 5.74) is 8.14. The average molecular weight is 236 g/mol. The van der Waals surface area contributed by atoms with E-state index in [1.165, 1.54) is 6.42 Å². The van der Waals surface area contributed by atoms with E-state index in [0.29, 0.717) is 6.54 Å². The predicted molar refractivity (Wildman–Crippen MR) is 73.3 cm³/mol. The summed E-state index contributed by atoms with van der Waals surface area (Å²) in [6.45, 7) is 6.04. The number of nitrogens with two attached hydrogens (primary N) is 1. The molecule has 0 saturated carbocycles. The number of rotatable bonds is 7. The number of hydrogen-bond acceptors (Lipinski definition) is 3. The van der Waals surface area contributed by atoms with Gasteiger partial charge in [0, 0.05) is 24.8 Å². The second-order valence-electron chi connectivity index (χ2n) is 4.44. The minimum Gasteiger partial charge on any atom is -0.395 e. The summed E-state index contributed by atoms with van der Waals surface area (Å²) < 4.78 is 0. The molecule has 0 spiro atoms. The first-order chi connectivity index (χ1) is 8.19. The van der Waals surface area contributed by atoms with Crippen LogP contribution in [-0.2, 0) is 0 Å². The van der Waals surface area contributed by atoms with Crippen molar-refractivity contribution in [3.05, 3.63) is 29.8 Å². The first-order valence-electron chi connectivity index (χ1n) is 6.40. The Bertz CT molecular complexity index is 309. The van der Waals surface area contributed by atoms with Crippen LogP contribution in [-0.4, -0.2) is 24.8 Å². The van der Waals surface area contributed by atoms with Crippen LogP contribution in [0.4, 0.5) is 5.69 Å². The van der Waals surface area contributed by atoms with E-state index in [2.05, 4.69) is 36.1 Å². The molecule has 0 bridgehead atoms. The molecule has 0 aliphatic carbocycles. The van der Waals surface area contributed by atoms with Crippen LogP contribution < -0.4 is 10.6 Å². The Morgan fingerprint density at radius 2 is 1.88 bits per heavy atom. The van der Waals surface area contributed by atoms with Crippen molar-refractivity contribution in [2.75, 3.05) is 24.6 Å². The summed E-state index contributed by atoms with van der Waals surface area (Å²) in [6.07, 6.45) is 2.31. The maximum atomic E-state index is 9.08. The van der Waals surface area contributed by atoms with Gasteiger partial charge in [-0.25, -0.2) is 0 Å². The molecule has 0 aliphatic rings. The quantitative estimate of drug-likeness (QED) is 0.763. The van der Waals surface area contributed by atoms with Crippen LogP contribution in [0.1, 0.15) is 38.3 Å². The molecular formula is C14H24N2O. The van der Waals surface area contributed by atoms with E-state index in [4.69, 9.17) is 10.8 Å². The van der Waals surface area contributed by atoms with Gasteiger partial charge in [0.1, 0.15) is 0 Å². The van der Waals surface area contributed by atoms with E-state index in [1.807, 2.05) is 6.92 Å². The summed E-state index contributed by atoms with van der Waals surface area (Å²) >= 11 is 0. The molecular weight excluding hydrogens is 212 g/mol. The number of unbranched alkanes of at least 4 members (excludes halogenated alkanes) is 1. The first-order valence-corrected chi connectivity index (χ1v) is 6.40. The molecule has 3 nitrogen and oxygen atoms in total. The second-order valence-corrected chi connectivity index (χ2v) is 4.44. The summed E-state index contributed by atoms with van der Waals surface area (Å²) in [5.74, 6) is 0. The number of aliphatic hydroxyl groups is 1. The lowest BCUT2D eigenvalue weighted by atomic mass is 10.1. The van der Waals surface area contributed by atoms with Crippen LogP contribution in [0.2, 0.25) is 0 Å². The van der Waals surface area contributed by atoms with Crippen LogP contribution in [0.25, 0.3) is 0 Å². The van der Waals surface area contributed by atoms with Gasteiger partial charge < -0.3 is 15.7 Å². The monoisotopic (exact) mass is 236 g/mol. The van der Waals surface area contributed by atoms with Gasteiger partial charge in [-0.1, -0.05) is 25.5 Å². The number of nitrogens with zero attached hydrogens (tertiary/aromatic N) is 1. The first kappa shape index (κ1) is 14.0. The Morgan fingerprint density at radius 1 is 1.24 bits per heavy atom. The van der Waals surface area contributed by atoms with Gasteiger partial charge in [-0.2, -0.15) is 0 Å². The standard InChI is InChI=1S/C14H24N2O/c1-3-4-9-16(10-11-17)14-7-5-13(6-8-14)12(2)15/h5-8,12,17H,3-4,9-11,15H2,1-2H3/t12-/m0/s1. The molecule has 0 unspecified atom stereocenters. The zero-order chi connectivity index (χ0) is 12.7. The smallest absolute Gasteiger partial charge is 0.0606 e. The van der Waals surface area contributed by atoms with Crippen LogP contribution in [0, 0.1) is 0 Å². The molecule has 96 valence electrons. The fourth-order valence-corrected chi connectivity index (χ4v) is 1.83. The topological polar surface area (TPSA) is 49.5 Å². The summed E-state index contributed by atoms with van der Waals surface area (Å²) in [4.78, 5) is 2.22. The third kappa shape index (κ3) is 4.36. The third-order valence-electron chi connectivity index (χ3n) is 2.94. The maximum Gasteiger partial charge on any atom is 0.0606 e. The van der Waals surface area contributed by atoms with Crippen molar-refractivity contribution in [1.82, 2.24) is 0 Å². The van der Waals surface area contributed by atoms with E-state index < -0.39 is 0 Å². The number of aliphatic hydroxyl groups excluding tert-OH is 1. The van der Waals surface area contributed by atoms with Crippen LogP contribution in [0.3, 0.4) is 0 Å². The third-order valence-corrected chi connectivity index (χ3v) is 2.94. The van der Waals surface area contributed by atoms with Crippen LogP contribution in [0.15, 0.2) is 24.3 Å². The molecule has 3 N–H and O–H groups in total. The van der Waals surface area contributed by atoms with Crippen molar-refractivity contribution in [2.45, 2.75) is 32.7 Å². The van der Waals surface area contributed by atoms with Crippen molar-refractivity contribution in [3.8, 4) is 0 Å². The van der Waals surface area contributed by atoms with E-state index in [-0.39, 0.29) is 12.6 Å². The molecule has 1 rings (SSSR count). The Kier molecular flexibility index (Phi) is 6.01. The second kappa shape index (κ2) is 7.30. The largest absolute Gasteiger partial charge is 0.395 e. The molecule has 0 fully saturated rings. The average Bonchev–Trinajstić information content (AvgIpc) is 2.34. The Hall–Kier alpha value is -1.06. The highest BCUT2D eigenvalue weighted by atomic mass is 16.3. The number of anilines is 1. The van der Waals surface area contributed by atoms with Gasteiger partial charge >= 0.3 is 0 Å². The van der Waals surface area contributed by atoms with Gasteiger partial charge in [-0.05, 0) is 31.0 Å².